The molecule has 10 heteroatoms. The summed E-state index contributed by atoms with van der Waals surface area (Å²) in [5.41, 5.74) is -0.777. The van der Waals surface area contributed by atoms with E-state index in [0.29, 0.717) is 5.56 Å². The lowest BCUT2D eigenvalue weighted by Gasteiger charge is -2.22. The highest BCUT2D eigenvalue weighted by atomic mass is 19.4. The summed E-state index contributed by atoms with van der Waals surface area (Å²) in [7, 11) is 0. The average molecular weight is 427 g/mol. The van der Waals surface area contributed by atoms with Crippen LogP contribution in [0.25, 0.3) is 0 Å². The van der Waals surface area contributed by atoms with Gasteiger partial charge in [-0.3, -0.25) is 9.78 Å². The van der Waals surface area contributed by atoms with Gasteiger partial charge in [0, 0.05) is 12.7 Å². The van der Waals surface area contributed by atoms with E-state index in [1.165, 1.54) is 30.5 Å². The first kappa shape index (κ1) is 23.1. The van der Waals surface area contributed by atoms with Crippen LogP contribution in [0.5, 0.6) is 0 Å². The minimum Gasteiger partial charge on any atom is -0.466 e. The van der Waals surface area contributed by atoms with E-state index in [0.717, 1.165) is 12.1 Å². The molecule has 162 valence electrons. The van der Waals surface area contributed by atoms with Crippen molar-refractivity contribution in [1.82, 2.24) is 15.6 Å². The van der Waals surface area contributed by atoms with Crippen LogP contribution in [0.15, 0.2) is 42.6 Å². The quantitative estimate of drug-likeness (QED) is 0.495. The van der Waals surface area contributed by atoms with Gasteiger partial charge in [0.15, 0.2) is 0 Å². The summed E-state index contributed by atoms with van der Waals surface area (Å²) >= 11 is 0. The Labute approximate surface area is 170 Å². The smallest absolute Gasteiger partial charge is 0.418 e. The predicted molar refractivity (Wildman–Crippen MR) is 100 cm³/mol. The molecule has 0 spiro atoms. The topological polar surface area (TPSA) is 80.3 Å². The third kappa shape index (κ3) is 6.43. The lowest BCUT2D eigenvalue weighted by molar-refractivity contribution is -0.143. The molecule has 6 nitrogen and oxygen atoms in total. The summed E-state index contributed by atoms with van der Waals surface area (Å²) in [5, 5.41) is 4.85. The van der Waals surface area contributed by atoms with Crippen LogP contribution in [0.3, 0.4) is 0 Å². The Morgan fingerprint density at radius 1 is 1.17 bits per heavy atom. The lowest BCUT2D eigenvalue weighted by atomic mass is 9.98. The van der Waals surface area contributed by atoms with Gasteiger partial charge in [0.1, 0.15) is 6.67 Å². The minimum atomic E-state index is -4.69. The largest absolute Gasteiger partial charge is 0.466 e. The number of alkyl halides is 4. The monoisotopic (exact) mass is 427 g/mol. The van der Waals surface area contributed by atoms with Crippen molar-refractivity contribution in [3.8, 4) is 0 Å². The van der Waals surface area contributed by atoms with Gasteiger partial charge in [-0.05, 0) is 30.2 Å². The molecule has 0 radical (unpaired) electrons. The molecule has 0 aliphatic rings. The van der Waals surface area contributed by atoms with Crippen molar-refractivity contribution < 1.29 is 31.9 Å². The van der Waals surface area contributed by atoms with Gasteiger partial charge >= 0.3 is 18.2 Å². The Bertz CT molecular complexity index is 857. The number of hydrogen-bond acceptors (Lipinski definition) is 4. The fourth-order valence-corrected chi connectivity index (χ4v) is 2.69. The maximum absolute atomic E-state index is 13.5. The van der Waals surface area contributed by atoms with Crippen LogP contribution < -0.4 is 10.6 Å². The fraction of sp³-hybridized carbons (Fsp3) is 0.350. The van der Waals surface area contributed by atoms with E-state index in [9.17, 15) is 27.2 Å². The van der Waals surface area contributed by atoms with E-state index in [2.05, 4.69) is 15.6 Å². The summed E-state index contributed by atoms with van der Waals surface area (Å²) in [4.78, 5) is 27.5. The number of ether oxygens (including phenoxy) is 1. The fourth-order valence-electron chi connectivity index (χ4n) is 2.69. The number of hydrogen-bond donors (Lipinski definition) is 2. The molecule has 0 aliphatic carbocycles. The summed E-state index contributed by atoms with van der Waals surface area (Å²) in [6.07, 6.45) is -3.59. The highest BCUT2D eigenvalue weighted by molar-refractivity contribution is 5.76. The van der Waals surface area contributed by atoms with Crippen molar-refractivity contribution in [1.29, 1.82) is 0 Å². The molecular weight excluding hydrogens is 406 g/mol. The number of nitrogens with zero attached hydrogens (tertiary/aromatic N) is 1. The Balaban J connectivity index is 2.27. The van der Waals surface area contributed by atoms with E-state index >= 15 is 0 Å². The Morgan fingerprint density at radius 2 is 1.87 bits per heavy atom. The molecule has 0 unspecified atom stereocenters. The molecule has 1 heterocycles. The highest BCUT2D eigenvalue weighted by Crippen LogP contribution is 2.35. The number of carbonyl (C=O) groups excluding carboxylic acids is 2. The molecule has 1 atom stereocenters. The summed E-state index contributed by atoms with van der Waals surface area (Å²) < 4.78 is 58.0. The van der Waals surface area contributed by atoms with E-state index in [1.807, 2.05) is 0 Å². The maximum atomic E-state index is 13.5. The van der Waals surface area contributed by atoms with Crippen LogP contribution in [0.2, 0.25) is 0 Å². The van der Waals surface area contributed by atoms with E-state index < -0.39 is 42.2 Å². The Hall–Kier alpha value is -3.17. The maximum Gasteiger partial charge on any atom is 0.418 e. The Morgan fingerprint density at radius 3 is 2.47 bits per heavy atom. The van der Waals surface area contributed by atoms with E-state index in [1.54, 1.807) is 6.92 Å². The average Bonchev–Trinajstić information content (AvgIpc) is 2.72. The molecule has 0 bridgehead atoms. The summed E-state index contributed by atoms with van der Waals surface area (Å²) in [6, 6.07) is 5.65. The van der Waals surface area contributed by atoms with Gasteiger partial charge in [0.25, 0.3) is 0 Å². The second-order valence-corrected chi connectivity index (χ2v) is 6.20. The SMILES string of the molecule is CCOC(=O)CCNC(=O)N[C@@H](c1ccc(CF)cc1)c1ncccc1C(F)(F)F. The zero-order chi connectivity index (χ0) is 22.1. The first-order valence-electron chi connectivity index (χ1n) is 9.13. The van der Waals surface area contributed by atoms with Crippen LogP contribution in [-0.4, -0.2) is 30.1 Å². The van der Waals surface area contributed by atoms with Crippen LogP contribution in [-0.2, 0) is 22.4 Å². The summed E-state index contributed by atoms with van der Waals surface area (Å²) in [5.74, 6) is -0.514. The molecule has 0 saturated heterocycles. The number of rotatable bonds is 8. The zero-order valence-electron chi connectivity index (χ0n) is 16.1. The van der Waals surface area contributed by atoms with Gasteiger partial charge in [-0.25, -0.2) is 9.18 Å². The van der Waals surface area contributed by atoms with Crippen molar-refractivity contribution >= 4 is 12.0 Å². The molecule has 2 aromatic rings. The third-order valence-corrected chi connectivity index (χ3v) is 4.08. The minimum absolute atomic E-state index is 0.0630. The Kier molecular flexibility index (Phi) is 8.14. The van der Waals surface area contributed by atoms with E-state index in [4.69, 9.17) is 4.74 Å². The predicted octanol–water partition coefficient (Wildman–Crippen LogP) is 3.91. The molecule has 0 fully saturated rings. The van der Waals surface area contributed by atoms with Crippen molar-refractivity contribution in [2.24, 2.45) is 0 Å². The van der Waals surface area contributed by atoms with Gasteiger partial charge in [0.05, 0.1) is 30.3 Å². The van der Waals surface area contributed by atoms with Gasteiger partial charge < -0.3 is 15.4 Å². The zero-order valence-corrected chi connectivity index (χ0v) is 16.1. The van der Waals surface area contributed by atoms with Crippen LogP contribution >= 0.6 is 0 Å². The number of carbonyl (C=O) groups is 2. The number of benzene rings is 1. The normalized spacial score (nSPS) is 12.2. The second-order valence-electron chi connectivity index (χ2n) is 6.20. The molecule has 0 saturated carbocycles. The van der Waals surface area contributed by atoms with Gasteiger partial charge in [0.2, 0.25) is 0 Å². The lowest BCUT2D eigenvalue weighted by Crippen LogP contribution is -2.40. The van der Waals surface area contributed by atoms with Crippen LogP contribution in [0.1, 0.15) is 41.8 Å². The van der Waals surface area contributed by atoms with Crippen LogP contribution in [0, 0.1) is 0 Å². The number of amides is 2. The molecule has 0 aliphatic heterocycles. The number of pyridine rings is 1. The molecule has 2 amide bonds. The van der Waals surface area contributed by atoms with E-state index in [-0.39, 0.29) is 25.1 Å². The number of halogens is 4. The number of urea groups is 1. The van der Waals surface area contributed by atoms with Gasteiger partial charge in [-0.1, -0.05) is 24.3 Å². The molecule has 30 heavy (non-hydrogen) atoms. The molecule has 2 N–H and O–H groups in total. The van der Waals surface area contributed by atoms with Crippen molar-refractivity contribution in [2.45, 2.75) is 32.2 Å². The molecular formula is C20H21F4N3O3. The number of nitrogens with one attached hydrogen (secondary N) is 2. The first-order valence-corrected chi connectivity index (χ1v) is 9.13. The number of aromatic nitrogens is 1. The second kappa shape index (κ2) is 10.6. The van der Waals surface area contributed by atoms with Crippen LogP contribution in [0.4, 0.5) is 22.4 Å². The summed E-state index contributed by atoms with van der Waals surface area (Å²) in [6.45, 7) is 1.04. The molecule has 1 aromatic heterocycles. The van der Waals surface area contributed by atoms with Gasteiger partial charge in [-0.2, -0.15) is 13.2 Å². The standard InChI is InChI=1S/C20H21F4N3O3/c1-2-30-16(28)9-11-26-19(29)27-17(14-7-5-13(12-21)6-8-14)18-15(20(22,23)24)4-3-10-25-18/h3-8,10,17H,2,9,11-12H2,1H3,(H2,26,27,29)/t17-/m0/s1. The molecule has 1 aromatic carbocycles. The third-order valence-electron chi connectivity index (χ3n) is 4.08. The van der Waals surface area contributed by atoms with Crippen molar-refractivity contribution in [2.75, 3.05) is 13.2 Å². The number of esters is 1. The van der Waals surface area contributed by atoms with Crippen molar-refractivity contribution in [3.63, 3.8) is 0 Å². The van der Waals surface area contributed by atoms with Crippen molar-refractivity contribution in [3.05, 3.63) is 65.0 Å². The van der Waals surface area contributed by atoms with Gasteiger partial charge in [-0.15, -0.1) is 0 Å². The first-order chi connectivity index (χ1) is 14.3. The highest BCUT2D eigenvalue weighted by Gasteiger charge is 2.36. The molecule has 2 rings (SSSR count).